The van der Waals surface area contributed by atoms with Crippen LogP contribution in [0.5, 0.6) is 0 Å². The standard InChI is InChI=1S/C33H47F2N7/c1-21(2)40-13-11-27(12-14-40)33(34,35)28-10-8-9-26(19-28)23(5)36-31-29-20-30(24(6)37-32(29)39-25(7)38-31)42-17-15-41(16-18-42)22(3)4/h8-10,19-23,27H,11-18H2,1-7H3,(H,36,37,38,39)/t23-/m1/s1. The summed E-state index contributed by atoms with van der Waals surface area (Å²) in [6.07, 6.45) is 1.02. The monoisotopic (exact) mass is 579 g/mol. The van der Waals surface area contributed by atoms with Gasteiger partial charge < -0.3 is 15.1 Å². The molecule has 4 heterocycles. The van der Waals surface area contributed by atoms with E-state index in [4.69, 9.17) is 9.97 Å². The third-order valence-electron chi connectivity index (χ3n) is 9.25. The van der Waals surface area contributed by atoms with Crippen molar-refractivity contribution in [1.82, 2.24) is 24.8 Å². The van der Waals surface area contributed by atoms with Crippen LogP contribution < -0.4 is 10.2 Å². The number of aromatic nitrogens is 3. The molecular formula is C33H47F2N7. The van der Waals surface area contributed by atoms with Crippen molar-refractivity contribution in [3.05, 3.63) is 53.0 Å². The van der Waals surface area contributed by atoms with Gasteiger partial charge in [0.25, 0.3) is 5.92 Å². The van der Waals surface area contributed by atoms with Crippen LogP contribution in [0, 0.1) is 19.8 Å². The number of anilines is 2. The summed E-state index contributed by atoms with van der Waals surface area (Å²) in [5.74, 6) is -2.21. The fraction of sp³-hybridized carbons (Fsp3) is 0.606. The Kier molecular flexibility index (Phi) is 8.99. The number of fused-ring (bicyclic) bond motifs is 1. The van der Waals surface area contributed by atoms with Gasteiger partial charge in [-0.1, -0.05) is 18.2 Å². The lowest BCUT2D eigenvalue weighted by molar-refractivity contribution is -0.0876. The summed E-state index contributed by atoms with van der Waals surface area (Å²) in [6, 6.07) is 9.75. The van der Waals surface area contributed by atoms with Crippen molar-refractivity contribution >= 4 is 22.5 Å². The zero-order valence-corrected chi connectivity index (χ0v) is 26.3. The minimum atomic E-state index is -2.87. The van der Waals surface area contributed by atoms with E-state index in [1.807, 2.05) is 26.8 Å². The normalized spacial score (nSPS) is 18.8. The van der Waals surface area contributed by atoms with E-state index in [0.717, 1.165) is 61.6 Å². The minimum Gasteiger partial charge on any atom is -0.367 e. The molecule has 1 aromatic carbocycles. The molecule has 0 spiro atoms. The molecule has 2 aromatic heterocycles. The third-order valence-corrected chi connectivity index (χ3v) is 9.25. The van der Waals surface area contributed by atoms with Gasteiger partial charge in [-0.25, -0.2) is 23.7 Å². The van der Waals surface area contributed by atoms with Gasteiger partial charge in [-0.2, -0.15) is 0 Å². The van der Waals surface area contributed by atoms with Gasteiger partial charge in [0.05, 0.1) is 16.8 Å². The van der Waals surface area contributed by atoms with Crippen molar-refractivity contribution < 1.29 is 8.78 Å². The van der Waals surface area contributed by atoms with Crippen molar-refractivity contribution in [2.24, 2.45) is 5.92 Å². The highest BCUT2D eigenvalue weighted by Gasteiger charge is 2.43. The van der Waals surface area contributed by atoms with E-state index >= 15 is 8.78 Å². The van der Waals surface area contributed by atoms with Gasteiger partial charge in [0.1, 0.15) is 11.6 Å². The predicted octanol–water partition coefficient (Wildman–Crippen LogP) is 6.56. The van der Waals surface area contributed by atoms with Crippen LogP contribution in [0.25, 0.3) is 11.0 Å². The maximum absolute atomic E-state index is 15.8. The van der Waals surface area contributed by atoms with E-state index in [1.54, 1.807) is 18.2 Å². The molecule has 7 nitrogen and oxygen atoms in total. The number of nitrogens with zero attached hydrogens (tertiary/aromatic N) is 6. The van der Waals surface area contributed by atoms with E-state index in [9.17, 15) is 0 Å². The number of benzene rings is 1. The first-order valence-electron chi connectivity index (χ1n) is 15.6. The maximum Gasteiger partial charge on any atom is 0.276 e. The Morgan fingerprint density at radius 1 is 0.833 bits per heavy atom. The fourth-order valence-corrected chi connectivity index (χ4v) is 6.47. The number of nitrogens with one attached hydrogen (secondary N) is 1. The Morgan fingerprint density at radius 3 is 2.12 bits per heavy atom. The van der Waals surface area contributed by atoms with Crippen LogP contribution in [0.1, 0.15) is 76.1 Å². The highest BCUT2D eigenvalue weighted by molar-refractivity contribution is 5.90. The lowest BCUT2D eigenvalue weighted by Gasteiger charge is -2.38. The predicted molar refractivity (Wildman–Crippen MR) is 168 cm³/mol. The summed E-state index contributed by atoms with van der Waals surface area (Å²) in [5.41, 5.74) is 3.60. The van der Waals surface area contributed by atoms with Crippen LogP contribution in [-0.4, -0.2) is 76.1 Å². The Labute approximate surface area is 249 Å². The van der Waals surface area contributed by atoms with Crippen LogP contribution >= 0.6 is 0 Å². The van der Waals surface area contributed by atoms with Crippen molar-refractivity contribution in [2.45, 2.75) is 85.4 Å². The molecule has 3 aromatic rings. The van der Waals surface area contributed by atoms with Crippen LogP contribution in [0.2, 0.25) is 0 Å². The van der Waals surface area contributed by atoms with Crippen molar-refractivity contribution in [3.63, 3.8) is 0 Å². The van der Waals surface area contributed by atoms with Crippen molar-refractivity contribution in [3.8, 4) is 0 Å². The molecule has 2 aliphatic rings. The molecule has 42 heavy (non-hydrogen) atoms. The molecule has 9 heteroatoms. The molecule has 0 radical (unpaired) electrons. The zero-order chi connectivity index (χ0) is 30.2. The van der Waals surface area contributed by atoms with E-state index in [2.05, 4.69) is 58.8 Å². The molecule has 1 atom stereocenters. The number of likely N-dealkylation sites (tertiary alicyclic amines) is 1. The maximum atomic E-state index is 15.8. The van der Waals surface area contributed by atoms with Crippen molar-refractivity contribution in [1.29, 1.82) is 0 Å². The van der Waals surface area contributed by atoms with Gasteiger partial charge in [0.2, 0.25) is 0 Å². The Bertz CT molecular complexity index is 1380. The third kappa shape index (κ3) is 6.37. The minimum absolute atomic E-state index is 0.0977. The smallest absolute Gasteiger partial charge is 0.276 e. The van der Waals surface area contributed by atoms with Gasteiger partial charge >= 0.3 is 0 Å². The number of aryl methyl sites for hydroxylation is 2. The lowest BCUT2D eigenvalue weighted by Crippen LogP contribution is -2.49. The van der Waals surface area contributed by atoms with Crippen molar-refractivity contribution in [2.75, 3.05) is 49.5 Å². The zero-order valence-electron chi connectivity index (χ0n) is 26.3. The largest absolute Gasteiger partial charge is 0.367 e. The lowest BCUT2D eigenvalue weighted by atomic mass is 9.85. The second-order valence-corrected chi connectivity index (χ2v) is 12.7. The summed E-state index contributed by atoms with van der Waals surface area (Å²) in [6.45, 7) is 20.0. The number of hydrogen-bond donors (Lipinski definition) is 1. The summed E-state index contributed by atoms with van der Waals surface area (Å²) in [5, 5.41) is 4.37. The molecule has 0 aliphatic carbocycles. The summed E-state index contributed by atoms with van der Waals surface area (Å²) < 4.78 is 31.5. The van der Waals surface area contributed by atoms with E-state index in [0.29, 0.717) is 42.2 Å². The molecule has 0 bridgehead atoms. The van der Waals surface area contributed by atoms with Crippen LogP contribution in [0.4, 0.5) is 20.3 Å². The number of piperidine rings is 1. The summed E-state index contributed by atoms with van der Waals surface area (Å²) >= 11 is 0. The number of pyridine rings is 1. The average Bonchev–Trinajstić information content (AvgIpc) is 2.97. The molecule has 1 N–H and O–H groups in total. The molecule has 0 unspecified atom stereocenters. The van der Waals surface area contributed by atoms with Crippen LogP contribution in [0.3, 0.4) is 0 Å². The SMILES string of the molecule is Cc1nc(N[C@H](C)c2cccc(C(F)(F)C3CCN(C(C)C)CC3)c2)c2cc(N3CCN(C(C)C)CC3)c(C)nc2n1. The highest BCUT2D eigenvalue weighted by Crippen LogP contribution is 2.42. The quantitative estimate of drug-likeness (QED) is 0.324. The summed E-state index contributed by atoms with van der Waals surface area (Å²) in [4.78, 5) is 21.4. The van der Waals surface area contributed by atoms with E-state index < -0.39 is 11.8 Å². The molecule has 2 saturated heterocycles. The van der Waals surface area contributed by atoms with Gasteiger partial charge in [0, 0.05) is 55.8 Å². The van der Waals surface area contributed by atoms with Gasteiger partial charge in [-0.05, 0) is 92.1 Å². The second-order valence-electron chi connectivity index (χ2n) is 12.7. The first kappa shape index (κ1) is 30.5. The number of alkyl halides is 2. The Balaban J connectivity index is 1.37. The highest BCUT2D eigenvalue weighted by atomic mass is 19.3. The molecule has 228 valence electrons. The molecule has 2 aliphatic heterocycles. The molecule has 5 rings (SSSR count). The first-order chi connectivity index (χ1) is 19.9. The summed E-state index contributed by atoms with van der Waals surface area (Å²) in [7, 11) is 0. The van der Waals surface area contributed by atoms with Gasteiger partial charge in [-0.3, -0.25) is 4.90 Å². The molecular weight excluding hydrogens is 532 g/mol. The number of halogens is 2. The van der Waals surface area contributed by atoms with Gasteiger partial charge in [0.15, 0.2) is 5.65 Å². The van der Waals surface area contributed by atoms with E-state index in [1.165, 1.54) is 0 Å². The number of hydrogen-bond acceptors (Lipinski definition) is 7. The second kappa shape index (κ2) is 12.4. The molecule has 0 amide bonds. The average molecular weight is 580 g/mol. The van der Waals surface area contributed by atoms with Gasteiger partial charge in [-0.15, -0.1) is 0 Å². The first-order valence-corrected chi connectivity index (χ1v) is 15.6. The molecule has 0 saturated carbocycles. The Hall–Kier alpha value is -2.91. The topological polar surface area (TPSA) is 60.4 Å². The van der Waals surface area contributed by atoms with Crippen LogP contribution in [0.15, 0.2) is 30.3 Å². The number of rotatable bonds is 8. The van der Waals surface area contributed by atoms with E-state index in [-0.39, 0.29) is 11.6 Å². The van der Waals surface area contributed by atoms with Crippen LogP contribution in [-0.2, 0) is 5.92 Å². The fourth-order valence-electron chi connectivity index (χ4n) is 6.47. The molecule has 2 fully saturated rings. The Morgan fingerprint density at radius 2 is 1.48 bits per heavy atom. The number of piperazine rings is 1.